The number of nitrogens with zero attached hydrogens (tertiary/aromatic N) is 1. The smallest absolute Gasteiger partial charge is 0.338 e. The van der Waals surface area contributed by atoms with Crippen molar-refractivity contribution in [2.75, 3.05) is 20.7 Å². The van der Waals surface area contributed by atoms with Crippen molar-refractivity contribution in [3.05, 3.63) is 29.3 Å². The number of esters is 1. The Morgan fingerprint density at radius 1 is 1.22 bits per heavy atom. The van der Waals surface area contributed by atoms with Crippen molar-refractivity contribution >= 4 is 11.9 Å². The third-order valence-corrected chi connectivity index (χ3v) is 4.38. The molecule has 126 valence electrons. The Morgan fingerprint density at radius 3 is 2.43 bits per heavy atom. The van der Waals surface area contributed by atoms with Crippen LogP contribution in [0.2, 0.25) is 0 Å². The van der Waals surface area contributed by atoms with E-state index in [4.69, 9.17) is 0 Å². The second-order valence-corrected chi connectivity index (χ2v) is 6.17. The van der Waals surface area contributed by atoms with Crippen LogP contribution in [0.4, 0.5) is 0 Å². The first kappa shape index (κ1) is 17.3. The van der Waals surface area contributed by atoms with Crippen LogP contribution in [0.25, 0.3) is 0 Å². The third-order valence-electron chi connectivity index (χ3n) is 4.38. The van der Waals surface area contributed by atoms with E-state index in [0.29, 0.717) is 13.0 Å². The zero-order valence-electron chi connectivity index (χ0n) is 13.5. The molecule has 0 saturated heterocycles. The first-order valence-electron chi connectivity index (χ1n) is 7.75. The number of carbonyl (C=O) groups is 2. The summed E-state index contributed by atoms with van der Waals surface area (Å²) < 4.78 is 4.61. The van der Waals surface area contributed by atoms with Gasteiger partial charge in [0.15, 0.2) is 0 Å². The lowest BCUT2D eigenvalue weighted by atomic mass is 9.98. The molecule has 1 fully saturated rings. The molecule has 1 aliphatic carbocycles. The molecule has 1 saturated carbocycles. The summed E-state index contributed by atoms with van der Waals surface area (Å²) in [5, 5.41) is 20.0. The van der Waals surface area contributed by atoms with Gasteiger partial charge in [-0.25, -0.2) is 4.79 Å². The van der Waals surface area contributed by atoms with Crippen LogP contribution in [0.3, 0.4) is 0 Å². The van der Waals surface area contributed by atoms with Crippen molar-refractivity contribution in [3.63, 3.8) is 0 Å². The van der Waals surface area contributed by atoms with Crippen LogP contribution in [0.1, 0.15) is 52.8 Å². The maximum atomic E-state index is 12.5. The van der Waals surface area contributed by atoms with E-state index < -0.39 is 11.6 Å². The molecule has 6 heteroatoms. The van der Waals surface area contributed by atoms with Crippen molar-refractivity contribution in [2.45, 2.75) is 37.7 Å². The molecule has 6 nitrogen and oxygen atoms in total. The quantitative estimate of drug-likeness (QED) is 0.809. The largest absolute Gasteiger partial charge is 0.508 e. The van der Waals surface area contributed by atoms with Gasteiger partial charge in [-0.2, -0.15) is 0 Å². The molecule has 0 heterocycles. The molecule has 0 aromatic heterocycles. The first-order chi connectivity index (χ1) is 10.8. The van der Waals surface area contributed by atoms with Crippen LogP contribution in [0.15, 0.2) is 18.2 Å². The number of phenols is 1. The minimum atomic E-state index is -0.676. The molecule has 1 aliphatic rings. The monoisotopic (exact) mass is 321 g/mol. The SMILES string of the molecule is COC(=O)c1cc(O)cc(C(=O)N(C)CCC2(O)CCCC2)c1. The molecule has 2 N–H and O–H groups in total. The van der Waals surface area contributed by atoms with Crippen LogP contribution in [0.5, 0.6) is 5.75 Å². The zero-order chi connectivity index (χ0) is 17.0. The third kappa shape index (κ3) is 4.22. The summed E-state index contributed by atoms with van der Waals surface area (Å²) in [6, 6.07) is 3.97. The summed E-state index contributed by atoms with van der Waals surface area (Å²) in [6.45, 7) is 0.415. The van der Waals surface area contributed by atoms with E-state index in [-0.39, 0.29) is 22.8 Å². The number of amides is 1. The molecule has 0 atom stereocenters. The Balaban J connectivity index is 2.06. The summed E-state index contributed by atoms with van der Waals surface area (Å²) in [5.41, 5.74) is -0.338. The minimum absolute atomic E-state index is 0.124. The number of phenolic OH excluding ortho intramolecular Hbond substituents is 1. The van der Waals surface area contributed by atoms with E-state index in [9.17, 15) is 19.8 Å². The lowest BCUT2D eigenvalue weighted by molar-refractivity contribution is 0.0296. The molecule has 1 amide bonds. The van der Waals surface area contributed by atoms with Crippen molar-refractivity contribution in [2.24, 2.45) is 0 Å². The highest BCUT2D eigenvalue weighted by atomic mass is 16.5. The van der Waals surface area contributed by atoms with Crippen LogP contribution in [-0.4, -0.2) is 53.3 Å². The Labute approximate surface area is 135 Å². The number of rotatable bonds is 5. The fourth-order valence-electron chi connectivity index (χ4n) is 2.95. The summed E-state index contributed by atoms with van der Waals surface area (Å²) in [6.07, 6.45) is 4.10. The van der Waals surface area contributed by atoms with E-state index >= 15 is 0 Å². The fraction of sp³-hybridized carbons (Fsp3) is 0.529. The van der Waals surface area contributed by atoms with Gasteiger partial charge < -0.3 is 19.8 Å². The van der Waals surface area contributed by atoms with Crippen LogP contribution in [-0.2, 0) is 4.74 Å². The van der Waals surface area contributed by atoms with Gasteiger partial charge >= 0.3 is 5.97 Å². The molecule has 0 spiro atoms. The van der Waals surface area contributed by atoms with Crippen LogP contribution >= 0.6 is 0 Å². The average molecular weight is 321 g/mol. The highest BCUT2D eigenvalue weighted by Gasteiger charge is 2.31. The Morgan fingerprint density at radius 2 is 1.83 bits per heavy atom. The second kappa shape index (κ2) is 7.00. The molecule has 0 aliphatic heterocycles. The van der Waals surface area contributed by atoms with Gasteiger partial charge in [0.25, 0.3) is 5.91 Å². The van der Waals surface area contributed by atoms with Crippen molar-refractivity contribution in [3.8, 4) is 5.75 Å². The van der Waals surface area contributed by atoms with E-state index in [0.717, 1.165) is 25.7 Å². The second-order valence-electron chi connectivity index (χ2n) is 6.17. The molecule has 0 radical (unpaired) electrons. The molecule has 0 unspecified atom stereocenters. The summed E-state index contributed by atoms with van der Waals surface area (Å²) >= 11 is 0. The lowest BCUT2D eigenvalue weighted by Gasteiger charge is -2.26. The predicted molar refractivity (Wildman–Crippen MR) is 84.4 cm³/mol. The number of aromatic hydroxyl groups is 1. The number of methoxy groups -OCH3 is 1. The molecule has 1 aromatic rings. The topological polar surface area (TPSA) is 87.1 Å². The van der Waals surface area contributed by atoms with Crippen LogP contribution in [0, 0.1) is 0 Å². The predicted octanol–water partition coefficient (Wildman–Crippen LogP) is 1.95. The van der Waals surface area contributed by atoms with Gasteiger partial charge in [0, 0.05) is 19.2 Å². The van der Waals surface area contributed by atoms with Gasteiger partial charge in [-0.1, -0.05) is 12.8 Å². The summed E-state index contributed by atoms with van der Waals surface area (Å²) in [5.74, 6) is -1.09. The number of aliphatic hydroxyl groups is 1. The maximum absolute atomic E-state index is 12.5. The lowest BCUT2D eigenvalue weighted by Crippen LogP contribution is -2.34. The number of benzene rings is 1. The van der Waals surface area contributed by atoms with Crippen molar-refractivity contribution in [1.82, 2.24) is 4.90 Å². The van der Waals surface area contributed by atoms with Gasteiger partial charge in [0.2, 0.25) is 0 Å². The standard InChI is InChI=1S/C17H23NO5/c1-18(8-7-17(22)5-3-4-6-17)15(20)12-9-13(16(21)23-2)11-14(19)10-12/h9-11,19,22H,3-8H2,1-2H3. The van der Waals surface area contributed by atoms with Gasteiger partial charge in [0.1, 0.15) is 5.75 Å². The fourth-order valence-corrected chi connectivity index (χ4v) is 2.95. The number of hydrogen-bond acceptors (Lipinski definition) is 5. The number of ether oxygens (including phenoxy) is 1. The van der Waals surface area contributed by atoms with Gasteiger partial charge in [-0.05, 0) is 37.5 Å². The Bertz CT molecular complexity index is 593. The molecule has 23 heavy (non-hydrogen) atoms. The highest BCUT2D eigenvalue weighted by molar-refractivity contribution is 5.98. The first-order valence-corrected chi connectivity index (χ1v) is 7.75. The van der Waals surface area contributed by atoms with Gasteiger partial charge in [-0.3, -0.25) is 4.79 Å². The van der Waals surface area contributed by atoms with Crippen LogP contribution < -0.4 is 0 Å². The summed E-state index contributed by atoms with van der Waals surface area (Å²) in [7, 11) is 2.88. The zero-order valence-corrected chi connectivity index (χ0v) is 13.5. The Kier molecular flexibility index (Phi) is 5.26. The van der Waals surface area contributed by atoms with E-state index in [1.807, 2.05) is 0 Å². The van der Waals surface area contributed by atoms with E-state index in [1.165, 1.54) is 30.2 Å². The van der Waals surface area contributed by atoms with Gasteiger partial charge in [-0.15, -0.1) is 0 Å². The summed E-state index contributed by atoms with van der Waals surface area (Å²) in [4.78, 5) is 25.5. The van der Waals surface area contributed by atoms with Gasteiger partial charge in [0.05, 0.1) is 18.3 Å². The molecule has 2 rings (SSSR count). The van der Waals surface area contributed by atoms with Crippen molar-refractivity contribution in [1.29, 1.82) is 0 Å². The average Bonchev–Trinajstić information content (AvgIpc) is 2.97. The molecule has 0 bridgehead atoms. The number of carbonyl (C=O) groups excluding carboxylic acids is 2. The number of hydrogen-bond donors (Lipinski definition) is 2. The van der Waals surface area contributed by atoms with E-state index in [2.05, 4.69) is 4.74 Å². The molecular formula is C17H23NO5. The van der Waals surface area contributed by atoms with E-state index in [1.54, 1.807) is 7.05 Å². The molecular weight excluding hydrogens is 298 g/mol. The normalized spacial score (nSPS) is 16.1. The highest BCUT2D eigenvalue weighted by Crippen LogP contribution is 2.32. The maximum Gasteiger partial charge on any atom is 0.338 e. The van der Waals surface area contributed by atoms with Crippen molar-refractivity contribution < 1.29 is 24.5 Å². The molecule has 1 aromatic carbocycles. The Hall–Kier alpha value is -2.08. The minimum Gasteiger partial charge on any atom is -0.508 e.